The van der Waals surface area contributed by atoms with E-state index in [9.17, 15) is 5.53 Å². The van der Waals surface area contributed by atoms with Gasteiger partial charge in [-0.3, -0.25) is 0 Å². The van der Waals surface area contributed by atoms with Gasteiger partial charge in [0.2, 0.25) is 11.4 Å². The number of nitrogens with zero attached hydrogens (tertiary/aromatic N) is 2. The average molecular weight is 499 g/mol. The Kier molecular flexibility index (Phi) is 12.3. The summed E-state index contributed by atoms with van der Waals surface area (Å²) in [5.74, 6) is 0. The first-order valence-electron chi connectivity index (χ1n) is 15.3. The summed E-state index contributed by atoms with van der Waals surface area (Å²) in [5, 5.41) is 0. The summed E-state index contributed by atoms with van der Waals surface area (Å²) in [7, 11) is 0. The zero-order valence-corrected chi connectivity index (χ0v) is 24.1. The quantitative estimate of drug-likeness (QED) is 0.153. The number of hydrogen-bond donors (Lipinski definition) is 0. The van der Waals surface area contributed by atoms with Crippen LogP contribution in [-0.2, 0) is 12.8 Å². The highest BCUT2D eigenvalue weighted by Gasteiger charge is 2.35. The average Bonchev–Trinajstić information content (AvgIpc) is 3.19. The van der Waals surface area contributed by atoms with Gasteiger partial charge in [0.15, 0.2) is 0 Å². The lowest BCUT2D eigenvalue weighted by atomic mass is 9.91. The molecule has 0 saturated heterocycles. The highest BCUT2D eigenvalue weighted by Crippen LogP contribution is 2.44. The Morgan fingerprint density at radius 1 is 0.459 bits per heavy atom. The van der Waals surface area contributed by atoms with Gasteiger partial charge >= 0.3 is 0 Å². The summed E-state index contributed by atoms with van der Waals surface area (Å²) in [5.41, 5.74) is 21.5. The van der Waals surface area contributed by atoms with Crippen molar-refractivity contribution < 1.29 is 4.70 Å². The van der Waals surface area contributed by atoms with E-state index in [0.29, 0.717) is 0 Å². The zero-order chi connectivity index (χ0) is 26.5. The smallest absolute Gasteiger partial charge is 0.211 e. The van der Waals surface area contributed by atoms with Crippen molar-refractivity contribution in [3.63, 3.8) is 0 Å². The molecule has 2 aromatic rings. The Balaban J connectivity index is 1.96. The molecule has 2 aromatic carbocycles. The van der Waals surface area contributed by atoms with Crippen molar-refractivity contribution in [1.82, 2.24) is 0 Å². The minimum Gasteiger partial charge on any atom is -0.493 e. The van der Waals surface area contributed by atoms with Gasteiger partial charge in [-0.05, 0) is 86.8 Å². The third-order valence-electron chi connectivity index (χ3n) is 7.76. The fourth-order valence-corrected chi connectivity index (χ4v) is 5.51. The lowest BCUT2D eigenvalue weighted by Crippen LogP contribution is -2.03. The first-order valence-corrected chi connectivity index (χ1v) is 15.3. The van der Waals surface area contributed by atoms with E-state index in [1.54, 1.807) is 0 Å². The standard InChI is InChI=1S/C35H50N2/c1-5-9-13-16-28-20-24-30(25-21-28)34-32(18-12-8-4)33(19-15-11-7-3)35(37(34)36)31-26-22-29(23-27-31)17-14-10-6-2/h20-27H,5-19H2,1-4H3. The van der Waals surface area contributed by atoms with Crippen molar-refractivity contribution in [2.75, 3.05) is 0 Å². The van der Waals surface area contributed by atoms with E-state index >= 15 is 0 Å². The fourth-order valence-electron chi connectivity index (χ4n) is 5.51. The molecule has 0 amide bonds. The van der Waals surface area contributed by atoms with E-state index in [0.717, 1.165) is 67.5 Å². The molecule has 0 unspecified atom stereocenters. The van der Waals surface area contributed by atoms with E-state index in [4.69, 9.17) is 0 Å². The highest BCUT2D eigenvalue weighted by molar-refractivity contribution is 5.82. The SMILES string of the molecule is CCCCCC1=C(c2ccc(CCCCC)cc2)[N+](=[N-])C(c2ccc(CCCCC)cc2)=C1CCCC. The lowest BCUT2D eigenvalue weighted by Gasteiger charge is -2.11. The summed E-state index contributed by atoms with van der Waals surface area (Å²) in [6.45, 7) is 9.04. The molecule has 0 N–H and O–H groups in total. The van der Waals surface area contributed by atoms with Gasteiger partial charge in [-0.25, -0.2) is 4.70 Å². The predicted molar refractivity (Wildman–Crippen MR) is 160 cm³/mol. The third-order valence-corrected chi connectivity index (χ3v) is 7.76. The molecule has 0 aliphatic carbocycles. The van der Waals surface area contributed by atoms with Gasteiger partial charge in [-0.2, -0.15) is 0 Å². The first kappa shape index (κ1) is 29.1. The van der Waals surface area contributed by atoms with Crippen LogP contribution in [0.4, 0.5) is 0 Å². The number of unbranched alkanes of at least 4 members (excludes halogenated alkanes) is 7. The van der Waals surface area contributed by atoms with Crippen LogP contribution in [0.15, 0.2) is 59.7 Å². The molecule has 0 bridgehead atoms. The van der Waals surface area contributed by atoms with Gasteiger partial charge in [-0.15, -0.1) is 0 Å². The van der Waals surface area contributed by atoms with Crippen molar-refractivity contribution in [2.45, 2.75) is 124 Å². The second-order valence-corrected chi connectivity index (χ2v) is 10.8. The number of hydrogen-bond acceptors (Lipinski definition) is 0. The number of benzene rings is 2. The molecule has 0 spiro atoms. The molecule has 1 aliphatic rings. The van der Waals surface area contributed by atoms with Crippen molar-refractivity contribution in [2.24, 2.45) is 0 Å². The molecular formula is C35H50N2. The Morgan fingerprint density at radius 3 is 1.19 bits per heavy atom. The molecule has 0 atom stereocenters. The normalized spacial score (nSPS) is 13.8. The van der Waals surface area contributed by atoms with Crippen LogP contribution < -0.4 is 0 Å². The molecule has 0 radical (unpaired) electrons. The number of aryl methyl sites for hydroxylation is 2. The number of rotatable bonds is 17. The van der Waals surface area contributed by atoms with E-state index in [-0.39, 0.29) is 0 Å². The summed E-state index contributed by atoms with van der Waals surface area (Å²) in [6.07, 6.45) is 17.8. The van der Waals surface area contributed by atoms with Crippen LogP contribution in [0.1, 0.15) is 133 Å². The van der Waals surface area contributed by atoms with Crippen molar-refractivity contribution in [3.05, 3.63) is 87.5 Å². The first-order chi connectivity index (χ1) is 18.1. The zero-order valence-electron chi connectivity index (χ0n) is 24.1. The molecule has 37 heavy (non-hydrogen) atoms. The van der Waals surface area contributed by atoms with E-state index in [1.165, 1.54) is 78.3 Å². The van der Waals surface area contributed by atoms with Gasteiger partial charge in [0.25, 0.3) is 0 Å². The van der Waals surface area contributed by atoms with Crippen LogP contribution in [0.3, 0.4) is 0 Å². The Hall–Kier alpha value is -2.48. The molecule has 3 rings (SSSR count). The van der Waals surface area contributed by atoms with Gasteiger partial charge in [0, 0.05) is 22.3 Å². The van der Waals surface area contributed by atoms with Crippen LogP contribution in [0.5, 0.6) is 0 Å². The van der Waals surface area contributed by atoms with E-state index in [2.05, 4.69) is 76.2 Å². The topological polar surface area (TPSA) is 25.3 Å². The molecule has 1 aliphatic heterocycles. The molecule has 200 valence electrons. The van der Waals surface area contributed by atoms with Crippen LogP contribution in [0.2, 0.25) is 0 Å². The molecule has 2 heteroatoms. The maximum absolute atomic E-state index is 11.8. The monoisotopic (exact) mass is 498 g/mol. The molecule has 0 saturated carbocycles. The van der Waals surface area contributed by atoms with E-state index < -0.39 is 0 Å². The second kappa shape index (κ2) is 15.7. The Morgan fingerprint density at radius 2 is 0.811 bits per heavy atom. The number of allylic oxidation sites excluding steroid dienone is 2. The minimum absolute atomic E-state index is 1.00. The van der Waals surface area contributed by atoms with Gasteiger partial charge in [-0.1, -0.05) is 96.9 Å². The second-order valence-electron chi connectivity index (χ2n) is 10.8. The predicted octanol–water partition coefficient (Wildman–Crippen LogP) is 11.1. The van der Waals surface area contributed by atoms with Crippen LogP contribution >= 0.6 is 0 Å². The maximum Gasteiger partial charge on any atom is 0.211 e. The van der Waals surface area contributed by atoms with Crippen LogP contribution in [-0.4, -0.2) is 4.70 Å². The Labute approximate surface area is 227 Å². The summed E-state index contributed by atoms with van der Waals surface area (Å²) < 4.78 is 1.53. The van der Waals surface area contributed by atoms with Crippen molar-refractivity contribution in [3.8, 4) is 0 Å². The fraction of sp³-hybridized carbons (Fsp3) is 0.543. The molecular weight excluding hydrogens is 448 g/mol. The highest BCUT2D eigenvalue weighted by atomic mass is 15.2. The van der Waals surface area contributed by atoms with Crippen LogP contribution in [0, 0.1) is 0 Å². The van der Waals surface area contributed by atoms with Gasteiger partial charge < -0.3 is 5.53 Å². The third kappa shape index (κ3) is 8.00. The van der Waals surface area contributed by atoms with Crippen molar-refractivity contribution >= 4 is 11.4 Å². The van der Waals surface area contributed by atoms with Crippen LogP contribution in [0.25, 0.3) is 16.9 Å². The molecule has 0 fully saturated rings. The minimum atomic E-state index is 1.00. The molecule has 1 heterocycles. The maximum atomic E-state index is 11.8. The lowest BCUT2D eigenvalue weighted by molar-refractivity contribution is -0.345. The summed E-state index contributed by atoms with van der Waals surface area (Å²) in [6, 6.07) is 18.0. The summed E-state index contributed by atoms with van der Waals surface area (Å²) in [4.78, 5) is 0. The molecule has 2 nitrogen and oxygen atoms in total. The van der Waals surface area contributed by atoms with Gasteiger partial charge in [0.05, 0.1) is 0 Å². The van der Waals surface area contributed by atoms with Crippen molar-refractivity contribution in [1.29, 1.82) is 0 Å². The van der Waals surface area contributed by atoms with E-state index in [1.807, 2.05) is 0 Å². The van der Waals surface area contributed by atoms with Gasteiger partial charge in [0.1, 0.15) is 0 Å². The molecule has 0 aromatic heterocycles. The summed E-state index contributed by atoms with van der Waals surface area (Å²) >= 11 is 0. The Bertz CT molecular complexity index is 1040. The largest absolute Gasteiger partial charge is 0.493 e.